The number of nitrogens with two attached hydrogens (primary N) is 2. The van der Waals surface area contributed by atoms with Crippen molar-refractivity contribution in [3.63, 3.8) is 0 Å². The van der Waals surface area contributed by atoms with Crippen molar-refractivity contribution in [2.24, 2.45) is 134 Å². The molecule has 8 heteroatoms. The zero-order valence-electron chi connectivity index (χ0n) is 106. The summed E-state index contributed by atoms with van der Waals surface area (Å²) in [6, 6.07) is 7.01. The number of primary amides is 2. The second-order valence-corrected chi connectivity index (χ2v) is 61.6. The number of carbonyl (C=O) groups is 2. The van der Waals surface area contributed by atoms with E-state index in [2.05, 4.69) is 422 Å². The van der Waals surface area contributed by atoms with Gasteiger partial charge in [-0.15, -0.1) is 0 Å². The molecular weight excluding hydrogens is 1640 g/mol. The van der Waals surface area contributed by atoms with E-state index in [0.717, 1.165) is 61.3 Å². The molecule has 2 amide bonds. The SMILES string of the molecule is CC(C)(C)CC1CC1.CC(C)(C)CCC(N)=O.CC(C)C(C)(C)C.CC(C)C(C)(C)C.CC(CCO)CC(C)(C)C.CCC(C)(C)C.CCC(C)(C)C.CCC(C)(C)C.CCC(C)CC(C)(C)C.CCCC(C)(C)C.CCCC(C)(C)C.CCCC(CC(C)(C)C)C(N)=O.CCCCC(C)(C)C.CCCCC(C)(C)C.CCCCC(C)(C)C.Cc1ccc(S(=O)(=O)CC(C)(C)C)cc1. The molecular formula is C125H270N2O5S. The second-order valence-electron chi connectivity index (χ2n) is 59.6. The van der Waals surface area contributed by atoms with Crippen molar-refractivity contribution in [2.75, 3.05) is 12.4 Å². The summed E-state index contributed by atoms with van der Waals surface area (Å²) in [6.45, 7) is 145. The van der Waals surface area contributed by atoms with Gasteiger partial charge in [0.15, 0.2) is 9.84 Å². The summed E-state index contributed by atoms with van der Waals surface area (Å²) in [7, 11) is -3.13. The minimum absolute atomic E-state index is 0.0648. The van der Waals surface area contributed by atoms with Crippen LogP contribution in [0.1, 0.15) is 628 Å². The maximum atomic E-state index is 12.0. The number of amides is 2. The number of hydrogen-bond donors (Lipinski definition) is 3. The molecule has 0 bridgehead atoms. The number of rotatable bonds is 22. The minimum Gasteiger partial charge on any atom is -0.396 e. The van der Waals surface area contributed by atoms with Crippen molar-refractivity contribution in [3.8, 4) is 0 Å². The molecule has 1 aliphatic carbocycles. The Balaban J connectivity index is -0.0000000953. The lowest BCUT2D eigenvalue weighted by Crippen LogP contribution is -2.27. The molecule has 0 spiro atoms. The fourth-order valence-corrected chi connectivity index (χ4v) is 12.6. The highest BCUT2D eigenvalue weighted by Gasteiger charge is 2.28. The maximum Gasteiger partial charge on any atom is 0.220 e. The van der Waals surface area contributed by atoms with E-state index < -0.39 is 9.84 Å². The summed E-state index contributed by atoms with van der Waals surface area (Å²) in [6.07, 6.45) is 34.8. The number of unbranched alkanes of at least 4 members (excludes halogenated alkanes) is 3. The quantitative estimate of drug-likeness (QED) is 0.106. The first-order valence-corrected chi connectivity index (χ1v) is 56.5. The summed E-state index contributed by atoms with van der Waals surface area (Å²) < 4.78 is 23.9. The molecule has 2 rings (SSSR count). The zero-order chi connectivity index (χ0) is 110. The third-order valence-electron chi connectivity index (χ3n) is 22.3. The number of benzene rings is 1. The predicted octanol–water partition coefficient (Wildman–Crippen LogP) is 43.2. The van der Waals surface area contributed by atoms with Gasteiger partial charge in [0, 0.05) is 18.9 Å². The van der Waals surface area contributed by atoms with Crippen molar-refractivity contribution in [1.82, 2.24) is 0 Å². The third kappa shape index (κ3) is 193. The van der Waals surface area contributed by atoms with Gasteiger partial charge in [-0.1, -0.05) is 557 Å². The van der Waals surface area contributed by atoms with Gasteiger partial charge in [0.1, 0.15) is 0 Å². The first-order chi connectivity index (χ1) is 58.3. The molecule has 1 saturated carbocycles. The van der Waals surface area contributed by atoms with E-state index in [1.807, 2.05) is 39.8 Å². The van der Waals surface area contributed by atoms with Crippen LogP contribution in [0.3, 0.4) is 0 Å². The highest BCUT2D eigenvalue weighted by molar-refractivity contribution is 7.91. The van der Waals surface area contributed by atoms with Gasteiger partial charge in [-0.2, -0.15) is 0 Å². The first-order valence-electron chi connectivity index (χ1n) is 54.8. The van der Waals surface area contributed by atoms with Crippen LogP contribution in [0.5, 0.6) is 0 Å². The molecule has 3 unspecified atom stereocenters. The Labute approximate surface area is 849 Å². The van der Waals surface area contributed by atoms with E-state index >= 15 is 0 Å². The van der Waals surface area contributed by atoms with E-state index in [-0.39, 0.29) is 39.7 Å². The third-order valence-corrected chi connectivity index (χ3v) is 24.6. The predicted molar refractivity (Wildman–Crippen MR) is 621 cm³/mol. The Morgan fingerprint density at radius 1 is 0.338 bits per heavy atom. The number of carbonyl (C=O) groups excluding carboxylic acids is 2. The van der Waals surface area contributed by atoms with E-state index in [4.69, 9.17) is 16.6 Å². The van der Waals surface area contributed by atoms with Gasteiger partial charge in [0.05, 0.1) is 10.6 Å². The summed E-state index contributed by atoms with van der Waals surface area (Å²) >= 11 is 0. The lowest BCUT2D eigenvalue weighted by atomic mass is 9.82. The molecule has 1 aromatic rings. The van der Waals surface area contributed by atoms with Crippen LogP contribution in [0.4, 0.5) is 0 Å². The number of sulfone groups is 1. The normalized spacial score (nSPS) is 13.4. The zero-order valence-corrected chi connectivity index (χ0v) is 106. The smallest absolute Gasteiger partial charge is 0.220 e. The molecule has 0 radical (unpaired) electrons. The summed E-state index contributed by atoms with van der Waals surface area (Å²) in [5.74, 6) is 4.14. The molecule has 816 valence electrons. The molecule has 0 aliphatic heterocycles. The first kappa shape index (κ1) is 162. The molecule has 1 aromatic carbocycles. The van der Waals surface area contributed by atoms with Gasteiger partial charge in [-0.3, -0.25) is 9.59 Å². The van der Waals surface area contributed by atoms with Crippen molar-refractivity contribution in [3.05, 3.63) is 29.8 Å². The number of hydrogen-bond acceptors (Lipinski definition) is 5. The van der Waals surface area contributed by atoms with Crippen molar-refractivity contribution in [2.45, 2.75) is 635 Å². The summed E-state index contributed by atoms with van der Waals surface area (Å²) in [4.78, 5) is 21.7. The molecule has 1 aliphatic rings. The van der Waals surface area contributed by atoms with Crippen LogP contribution in [-0.2, 0) is 19.4 Å². The van der Waals surface area contributed by atoms with Crippen LogP contribution in [0.15, 0.2) is 29.2 Å². The Morgan fingerprint density at radius 3 is 0.714 bits per heavy atom. The van der Waals surface area contributed by atoms with Crippen molar-refractivity contribution < 1.29 is 23.1 Å². The van der Waals surface area contributed by atoms with Gasteiger partial charge in [-0.05, 0) is 212 Å². The highest BCUT2D eigenvalue weighted by atomic mass is 32.2. The van der Waals surface area contributed by atoms with Crippen molar-refractivity contribution in [1.29, 1.82) is 0 Å². The molecule has 1 fully saturated rings. The van der Waals surface area contributed by atoms with Crippen LogP contribution in [-0.4, -0.2) is 37.7 Å². The van der Waals surface area contributed by atoms with Gasteiger partial charge in [-0.25, -0.2) is 8.42 Å². The van der Waals surface area contributed by atoms with Crippen LogP contribution in [0, 0.1) is 129 Å². The lowest BCUT2D eigenvalue weighted by Gasteiger charge is -2.23. The van der Waals surface area contributed by atoms with Gasteiger partial charge >= 0.3 is 0 Å². The molecule has 133 heavy (non-hydrogen) atoms. The molecule has 0 saturated heterocycles. The average molecular weight is 1910 g/mol. The topological polar surface area (TPSA) is 141 Å². The average Bonchev–Trinajstić information content (AvgIpc) is 1.76. The number of aryl methyl sites for hydroxylation is 1. The fraction of sp³-hybridized carbons (Fsp3) is 0.936. The maximum absolute atomic E-state index is 12.0. The number of aliphatic hydroxyl groups is 1. The Morgan fingerprint density at radius 2 is 0.594 bits per heavy atom. The largest absolute Gasteiger partial charge is 0.396 e. The molecule has 0 heterocycles. The van der Waals surface area contributed by atoms with Gasteiger partial charge in [0.2, 0.25) is 11.8 Å². The van der Waals surface area contributed by atoms with Crippen LogP contribution in [0.25, 0.3) is 0 Å². The van der Waals surface area contributed by atoms with Crippen LogP contribution in [0.2, 0.25) is 0 Å². The lowest BCUT2D eigenvalue weighted by molar-refractivity contribution is -0.123. The standard InChI is InChI=1S/C12H18O2S.C10H21NO.C9H20O.C9H20.C8H16.3C8H18.C7H15NO.4C7H16.3C6H14/c1-10-5-7-11(8-6-10)15(13,14)9-12(2,3)4;1-5-6-8(9(11)12)7-10(2,3)4;1-8(5-6-10)7-9(2,3)4;1-6-8(2)7-9(3,4)5;1-8(2,3)6-7-4-5-7;3*1-5-6-7-8(2,3)4;1-7(2,3)5-4-6(8)9;2*1-6(2)7(3,4)5;2*1-5-6-7(2,3)4;3*1-5-6(2,3)4/h5-8H,9H2,1-4H3;8H,5-7H2,1-4H3,(H2,11,12);8,10H,5-7H2,1-4H3;8H,6-7H2,1-5H3;7H,4-6H2,1-3H3;3*5-7H2,1-4H3;4-5H2,1-3H3,(H2,8,9);2*6H,1-5H3;2*5-6H2,1-4H3;3*5H2,1-4H3. The monoisotopic (exact) mass is 1910 g/mol. The second kappa shape index (κ2) is 80.5. The Bertz CT molecular complexity index is 2640. The highest BCUT2D eigenvalue weighted by Crippen LogP contribution is 2.40. The summed E-state index contributed by atoms with van der Waals surface area (Å²) in [5, 5.41) is 8.63. The van der Waals surface area contributed by atoms with Crippen LogP contribution >= 0.6 is 0 Å². The molecule has 7 nitrogen and oxygen atoms in total. The number of aliphatic hydroxyl groups excluding tert-OH is 1. The van der Waals surface area contributed by atoms with E-state index in [9.17, 15) is 18.0 Å². The Kier molecular flexibility index (Phi) is 97.9. The minimum atomic E-state index is -3.13. The van der Waals surface area contributed by atoms with Gasteiger partial charge in [0.25, 0.3) is 0 Å². The van der Waals surface area contributed by atoms with E-state index in [0.29, 0.717) is 94.2 Å². The summed E-state index contributed by atoms with van der Waals surface area (Å²) in [5.41, 5.74) is 18.5. The van der Waals surface area contributed by atoms with E-state index in [1.165, 1.54) is 141 Å². The van der Waals surface area contributed by atoms with Gasteiger partial charge < -0.3 is 16.6 Å². The Hall–Kier alpha value is -1.93. The van der Waals surface area contributed by atoms with Crippen molar-refractivity contribution >= 4 is 21.7 Å². The van der Waals surface area contributed by atoms with Crippen LogP contribution < -0.4 is 11.5 Å². The molecule has 3 atom stereocenters. The molecule has 0 aromatic heterocycles. The van der Waals surface area contributed by atoms with E-state index in [1.54, 1.807) is 12.1 Å². The fourth-order valence-electron chi connectivity index (χ4n) is 10.7. The molecule has 5 N–H and O–H groups in total.